The van der Waals surface area contributed by atoms with E-state index in [1.54, 1.807) is 0 Å². The van der Waals surface area contributed by atoms with Crippen molar-refractivity contribution in [3.63, 3.8) is 0 Å². The molecule has 2 aromatic carbocycles. The van der Waals surface area contributed by atoms with Gasteiger partial charge in [0, 0.05) is 5.56 Å². The molecule has 6 heteroatoms. The van der Waals surface area contributed by atoms with Gasteiger partial charge in [-0.05, 0) is 36.2 Å². The smallest absolute Gasteiger partial charge is 0.385 e. The maximum atomic E-state index is 13.2. The molecule has 2 rings (SSSR count). The third kappa shape index (κ3) is 3.33. The number of halogens is 4. The van der Waals surface area contributed by atoms with E-state index in [1.165, 1.54) is 25.1 Å². The molecule has 0 aliphatic carbocycles. The molecular weight excluding hydrogens is 300 g/mol. The number of carbonyl (C=O) groups is 1. The fraction of sp³-hybridized carbons (Fsp3) is 0.188. The quantitative estimate of drug-likeness (QED) is 0.685. The second-order valence-electron chi connectivity index (χ2n) is 4.81. The van der Waals surface area contributed by atoms with Crippen LogP contribution in [0.5, 0.6) is 0 Å². The number of aliphatic hydroxyl groups is 1. The summed E-state index contributed by atoms with van der Waals surface area (Å²) in [6.07, 6.45) is -6.07. The zero-order chi connectivity index (χ0) is 16.5. The summed E-state index contributed by atoms with van der Waals surface area (Å²) in [5.41, 5.74) is -1.21. The number of alkyl halides is 3. The summed E-state index contributed by atoms with van der Waals surface area (Å²) < 4.78 is 52.5. The van der Waals surface area contributed by atoms with Crippen molar-refractivity contribution < 1.29 is 27.5 Å². The summed E-state index contributed by atoms with van der Waals surface area (Å²) >= 11 is 0. The van der Waals surface area contributed by atoms with Crippen molar-refractivity contribution in [1.29, 1.82) is 0 Å². The highest BCUT2D eigenvalue weighted by Crippen LogP contribution is 2.37. The Labute approximate surface area is 124 Å². The van der Waals surface area contributed by atoms with E-state index >= 15 is 0 Å². The van der Waals surface area contributed by atoms with Gasteiger partial charge in [0.1, 0.15) is 11.9 Å². The summed E-state index contributed by atoms with van der Waals surface area (Å²) in [6, 6.07) is 7.64. The average Bonchev–Trinajstić information content (AvgIpc) is 2.45. The molecule has 0 aliphatic heterocycles. The second kappa shape index (κ2) is 5.88. The fourth-order valence-corrected chi connectivity index (χ4v) is 2.05. The first-order chi connectivity index (χ1) is 10.2. The fourth-order valence-electron chi connectivity index (χ4n) is 2.05. The van der Waals surface area contributed by atoms with Gasteiger partial charge in [0.2, 0.25) is 0 Å². The average molecular weight is 312 g/mol. The number of rotatable bonds is 3. The van der Waals surface area contributed by atoms with Gasteiger partial charge in [-0.2, -0.15) is 13.2 Å². The molecule has 0 saturated carbocycles. The Bertz CT molecular complexity index is 688. The van der Waals surface area contributed by atoms with Gasteiger partial charge in [-0.1, -0.05) is 24.3 Å². The minimum absolute atomic E-state index is 0.158. The number of hydrogen-bond acceptors (Lipinski definition) is 2. The van der Waals surface area contributed by atoms with E-state index in [0.29, 0.717) is 6.07 Å². The predicted molar refractivity (Wildman–Crippen MR) is 72.8 cm³/mol. The van der Waals surface area contributed by atoms with Crippen LogP contribution < -0.4 is 0 Å². The van der Waals surface area contributed by atoms with Crippen LogP contribution in [0.4, 0.5) is 17.6 Å². The van der Waals surface area contributed by atoms with Crippen LogP contribution in [0.25, 0.3) is 11.1 Å². The molecule has 0 aromatic heterocycles. The lowest BCUT2D eigenvalue weighted by Crippen LogP contribution is -2.17. The van der Waals surface area contributed by atoms with Gasteiger partial charge in [-0.25, -0.2) is 4.39 Å². The van der Waals surface area contributed by atoms with Crippen molar-refractivity contribution >= 4 is 5.78 Å². The van der Waals surface area contributed by atoms with E-state index in [1.807, 2.05) is 0 Å². The minimum Gasteiger partial charge on any atom is -0.385 e. The Hall–Kier alpha value is -2.21. The minimum atomic E-state index is -4.68. The largest absolute Gasteiger partial charge is 0.417 e. The maximum Gasteiger partial charge on any atom is 0.417 e. The maximum absolute atomic E-state index is 13.2. The summed E-state index contributed by atoms with van der Waals surface area (Å²) in [6.45, 7) is 1.18. The molecule has 2 nitrogen and oxygen atoms in total. The zero-order valence-electron chi connectivity index (χ0n) is 11.5. The van der Waals surface area contributed by atoms with Crippen LogP contribution in [-0.4, -0.2) is 17.0 Å². The Morgan fingerprint density at radius 2 is 1.68 bits per heavy atom. The van der Waals surface area contributed by atoms with Crippen molar-refractivity contribution in [2.24, 2.45) is 0 Å². The second-order valence-corrected chi connectivity index (χ2v) is 4.81. The summed E-state index contributed by atoms with van der Waals surface area (Å²) in [5, 5.41) is 9.21. The number of Topliss-reactive ketones (excluding diaryl/α,β-unsaturated/α-hetero) is 1. The molecule has 2 aromatic rings. The van der Waals surface area contributed by atoms with E-state index in [0.717, 1.165) is 18.2 Å². The molecule has 0 aliphatic rings. The lowest BCUT2D eigenvalue weighted by atomic mass is 9.95. The van der Waals surface area contributed by atoms with Gasteiger partial charge in [-0.3, -0.25) is 4.79 Å². The molecule has 0 fully saturated rings. The van der Waals surface area contributed by atoms with Crippen LogP contribution in [0, 0.1) is 5.82 Å². The monoisotopic (exact) mass is 312 g/mol. The number of hydrogen-bond donors (Lipinski definition) is 1. The van der Waals surface area contributed by atoms with Crippen LogP contribution in [0.2, 0.25) is 0 Å². The van der Waals surface area contributed by atoms with Crippen molar-refractivity contribution in [1.82, 2.24) is 0 Å². The van der Waals surface area contributed by atoms with Crippen LogP contribution in [-0.2, 0) is 6.18 Å². The lowest BCUT2D eigenvalue weighted by molar-refractivity contribution is -0.137. The highest BCUT2D eigenvalue weighted by Gasteiger charge is 2.34. The normalized spacial score (nSPS) is 13.0. The van der Waals surface area contributed by atoms with Crippen molar-refractivity contribution in [2.75, 3.05) is 0 Å². The van der Waals surface area contributed by atoms with Crippen LogP contribution in [0.3, 0.4) is 0 Å². The molecule has 0 heterocycles. The van der Waals surface area contributed by atoms with Gasteiger partial charge in [0.15, 0.2) is 5.78 Å². The summed E-state index contributed by atoms with van der Waals surface area (Å²) in [5.74, 6) is -1.35. The van der Waals surface area contributed by atoms with Crippen molar-refractivity contribution in [3.05, 3.63) is 59.4 Å². The van der Waals surface area contributed by atoms with E-state index < -0.39 is 29.4 Å². The molecule has 0 amide bonds. The Morgan fingerprint density at radius 1 is 1.09 bits per heavy atom. The van der Waals surface area contributed by atoms with E-state index in [2.05, 4.69) is 0 Å². The predicted octanol–water partition coefficient (Wildman–Crippen LogP) is 4.08. The third-order valence-corrected chi connectivity index (χ3v) is 3.14. The van der Waals surface area contributed by atoms with Crippen LogP contribution in [0.15, 0.2) is 42.5 Å². The highest BCUT2D eigenvalue weighted by molar-refractivity contribution is 5.99. The molecule has 0 bridgehead atoms. The highest BCUT2D eigenvalue weighted by atomic mass is 19.4. The van der Waals surface area contributed by atoms with Gasteiger partial charge in [0.25, 0.3) is 0 Å². The zero-order valence-corrected chi connectivity index (χ0v) is 11.5. The van der Waals surface area contributed by atoms with Gasteiger partial charge >= 0.3 is 6.18 Å². The lowest BCUT2D eigenvalue weighted by Gasteiger charge is -2.15. The summed E-state index contributed by atoms with van der Waals surface area (Å²) in [4.78, 5) is 11.6. The van der Waals surface area contributed by atoms with Crippen molar-refractivity contribution in [3.8, 4) is 11.1 Å². The number of aliphatic hydroxyl groups excluding tert-OH is 1. The Morgan fingerprint density at radius 3 is 2.18 bits per heavy atom. The molecule has 1 N–H and O–H groups in total. The number of benzene rings is 2. The molecular formula is C16H12F4O2. The van der Waals surface area contributed by atoms with Gasteiger partial charge < -0.3 is 5.11 Å². The third-order valence-electron chi connectivity index (χ3n) is 3.14. The van der Waals surface area contributed by atoms with Gasteiger partial charge in [0.05, 0.1) is 5.56 Å². The first kappa shape index (κ1) is 16.2. The molecule has 0 radical (unpaired) electrons. The summed E-state index contributed by atoms with van der Waals surface area (Å²) in [7, 11) is 0. The SMILES string of the molecule is C[C@@H](O)C(=O)c1ccc(-c2ccc(F)cc2)c(C(F)(F)F)c1. The van der Waals surface area contributed by atoms with Crippen LogP contribution in [0.1, 0.15) is 22.8 Å². The van der Waals surface area contributed by atoms with Crippen molar-refractivity contribution in [2.45, 2.75) is 19.2 Å². The van der Waals surface area contributed by atoms with E-state index in [9.17, 15) is 27.5 Å². The first-order valence-electron chi connectivity index (χ1n) is 6.39. The number of carbonyl (C=O) groups excluding carboxylic acids is 1. The molecule has 116 valence electrons. The standard InChI is InChI=1S/C16H12F4O2/c1-9(21)15(22)11-4-7-13(14(8-11)16(18,19)20)10-2-5-12(17)6-3-10/h2-9,21H,1H3/t9-/m1/s1. The van der Waals surface area contributed by atoms with Crippen LogP contribution >= 0.6 is 0 Å². The Balaban J connectivity index is 2.60. The van der Waals surface area contributed by atoms with Gasteiger partial charge in [-0.15, -0.1) is 0 Å². The Kier molecular flexibility index (Phi) is 4.32. The van der Waals surface area contributed by atoms with E-state index in [4.69, 9.17) is 0 Å². The molecule has 0 spiro atoms. The molecule has 0 saturated heterocycles. The number of ketones is 1. The molecule has 22 heavy (non-hydrogen) atoms. The molecule has 0 unspecified atom stereocenters. The topological polar surface area (TPSA) is 37.3 Å². The van der Waals surface area contributed by atoms with E-state index in [-0.39, 0.29) is 16.7 Å². The molecule has 1 atom stereocenters. The first-order valence-corrected chi connectivity index (χ1v) is 6.39.